The van der Waals surface area contributed by atoms with Crippen molar-refractivity contribution in [1.82, 2.24) is 15.6 Å². The van der Waals surface area contributed by atoms with Crippen molar-refractivity contribution in [2.24, 2.45) is 5.92 Å². The predicted octanol–water partition coefficient (Wildman–Crippen LogP) is 1.62. The van der Waals surface area contributed by atoms with Crippen molar-refractivity contribution < 1.29 is 9.59 Å². The number of nitrogens with one attached hydrogen (secondary N) is 3. The quantitative estimate of drug-likeness (QED) is 0.793. The number of carbonyl (C=O) groups excluding carboxylic acids is 2. The number of hydrogen-bond acceptors (Lipinski definition) is 4. The number of aromatic nitrogens is 1. The molecule has 3 amide bonds. The highest BCUT2D eigenvalue weighted by Gasteiger charge is 2.34. The molecule has 7 heteroatoms. The molecular weight excluding hydrogens is 288 g/mol. The maximum Gasteiger partial charge on any atom is 0.321 e. The molecule has 1 aliphatic heterocycles. The van der Waals surface area contributed by atoms with Gasteiger partial charge in [-0.15, -0.1) is 11.3 Å². The summed E-state index contributed by atoms with van der Waals surface area (Å²) in [6.07, 6.45) is 2.65. The minimum absolute atomic E-state index is 0.0563. The van der Waals surface area contributed by atoms with Gasteiger partial charge in [0.2, 0.25) is 5.91 Å². The third kappa shape index (κ3) is 3.02. The van der Waals surface area contributed by atoms with E-state index in [1.807, 2.05) is 0 Å². The molecule has 2 heterocycles. The highest BCUT2D eigenvalue weighted by molar-refractivity contribution is 7.16. The van der Waals surface area contributed by atoms with Gasteiger partial charge < -0.3 is 10.6 Å². The number of amides is 3. The zero-order valence-corrected chi connectivity index (χ0v) is 13.1. The molecule has 1 fully saturated rings. The Labute approximate surface area is 127 Å². The summed E-state index contributed by atoms with van der Waals surface area (Å²) in [5, 5.41) is 9.02. The second-order valence-corrected chi connectivity index (χ2v) is 7.47. The molecule has 1 atom stereocenters. The van der Waals surface area contributed by atoms with E-state index in [4.69, 9.17) is 0 Å². The van der Waals surface area contributed by atoms with Crippen molar-refractivity contribution in [1.29, 1.82) is 0 Å². The molecule has 3 rings (SSSR count). The number of rotatable bonds is 3. The van der Waals surface area contributed by atoms with E-state index < -0.39 is 0 Å². The van der Waals surface area contributed by atoms with Gasteiger partial charge in [-0.25, -0.2) is 9.78 Å². The number of carbonyl (C=O) groups is 2. The summed E-state index contributed by atoms with van der Waals surface area (Å²) < 4.78 is 0. The fraction of sp³-hybridized carbons (Fsp3) is 0.643. The van der Waals surface area contributed by atoms with Crippen LogP contribution in [0.5, 0.6) is 0 Å². The van der Waals surface area contributed by atoms with Crippen LogP contribution < -0.4 is 16.0 Å². The molecule has 1 aromatic heterocycles. The van der Waals surface area contributed by atoms with Crippen LogP contribution in [0, 0.1) is 5.92 Å². The maximum absolute atomic E-state index is 11.9. The number of urea groups is 1. The van der Waals surface area contributed by atoms with Gasteiger partial charge in [0.05, 0.1) is 5.69 Å². The standard InChI is InChI=1S/C14H20N4O2S/c1-14(2)4-3-9-11(14)17-13(21-9)18-12(20)16-7-8-5-10(19)15-6-8/h8H,3-7H2,1-2H3,(H,15,19)(H2,16,17,18,20). The van der Waals surface area contributed by atoms with Crippen molar-refractivity contribution >= 4 is 28.4 Å². The van der Waals surface area contributed by atoms with Crippen LogP contribution in [0.15, 0.2) is 0 Å². The first-order chi connectivity index (χ1) is 9.94. The first-order valence-electron chi connectivity index (χ1n) is 7.26. The Balaban J connectivity index is 1.53. The van der Waals surface area contributed by atoms with E-state index in [2.05, 4.69) is 34.8 Å². The lowest BCUT2D eigenvalue weighted by molar-refractivity contribution is -0.119. The lowest BCUT2D eigenvalue weighted by atomic mass is 9.91. The second kappa shape index (κ2) is 5.29. The lowest BCUT2D eigenvalue weighted by Crippen LogP contribution is -2.33. The van der Waals surface area contributed by atoms with Gasteiger partial charge in [0.25, 0.3) is 0 Å². The van der Waals surface area contributed by atoms with Crippen LogP contribution in [-0.4, -0.2) is 30.0 Å². The Bertz CT molecular complexity index is 582. The van der Waals surface area contributed by atoms with E-state index in [0.717, 1.165) is 18.5 Å². The molecule has 1 unspecified atom stereocenters. The van der Waals surface area contributed by atoms with E-state index in [1.54, 1.807) is 11.3 Å². The minimum atomic E-state index is -0.250. The molecule has 1 aromatic rings. The monoisotopic (exact) mass is 308 g/mol. The Morgan fingerprint density at radius 3 is 3.00 bits per heavy atom. The van der Waals surface area contributed by atoms with Crippen molar-refractivity contribution in [2.45, 2.75) is 38.5 Å². The number of hydrogen-bond donors (Lipinski definition) is 3. The van der Waals surface area contributed by atoms with E-state index in [1.165, 1.54) is 4.88 Å². The van der Waals surface area contributed by atoms with Gasteiger partial charge in [-0.1, -0.05) is 13.8 Å². The summed E-state index contributed by atoms with van der Waals surface area (Å²) in [6, 6.07) is -0.250. The average Bonchev–Trinajstić information content (AvgIpc) is 3.06. The third-order valence-corrected chi connectivity index (χ3v) is 5.18. The van der Waals surface area contributed by atoms with Crippen molar-refractivity contribution in [3.8, 4) is 0 Å². The molecule has 1 saturated heterocycles. The van der Waals surface area contributed by atoms with Crippen LogP contribution in [-0.2, 0) is 16.6 Å². The van der Waals surface area contributed by atoms with Gasteiger partial charge in [-0.05, 0) is 12.8 Å². The summed E-state index contributed by atoms with van der Waals surface area (Å²) >= 11 is 1.56. The summed E-state index contributed by atoms with van der Waals surface area (Å²) in [5.74, 6) is 0.240. The third-order valence-electron chi connectivity index (χ3n) is 4.15. The zero-order valence-electron chi connectivity index (χ0n) is 12.3. The average molecular weight is 308 g/mol. The van der Waals surface area contributed by atoms with Crippen LogP contribution in [0.25, 0.3) is 0 Å². The number of nitrogens with zero attached hydrogens (tertiary/aromatic N) is 1. The van der Waals surface area contributed by atoms with Crippen LogP contribution in [0.3, 0.4) is 0 Å². The summed E-state index contributed by atoms with van der Waals surface area (Å²) in [7, 11) is 0. The predicted molar refractivity (Wildman–Crippen MR) is 81.6 cm³/mol. The molecule has 0 radical (unpaired) electrons. The molecule has 6 nitrogen and oxygen atoms in total. The highest BCUT2D eigenvalue weighted by atomic mass is 32.1. The molecule has 0 bridgehead atoms. The van der Waals surface area contributed by atoms with Gasteiger partial charge >= 0.3 is 6.03 Å². The molecule has 2 aliphatic rings. The summed E-state index contributed by atoms with van der Waals surface area (Å²) in [4.78, 5) is 28.8. The second-order valence-electron chi connectivity index (χ2n) is 6.38. The zero-order chi connectivity index (χ0) is 15.0. The Morgan fingerprint density at radius 2 is 2.33 bits per heavy atom. The summed E-state index contributed by atoms with van der Waals surface area (Å²) in [5.41, 5.74) is 1.23. The first kappa shape index (κ1) is 14.3. The van der Waals surface area contributed by atoms with Gasteiger partial charge in [0.1, 0.15) is 0 Å². The topological polar surface area (TPSA) is 83.1 Å². The van der Waals surface area contributed by atoms with Gasteiger partial charge in [-0.3, -0.25) is 10.1 Å². The highest BCUT2D eigenvalue weighted by Crippen LogP contribution is 2.41. The molecule has 3 N–H and O–H groups in total. The molecule has 0 saturated carbocycles. The fourth-order valence-corrected chi connectivity index (χ4v) is 3.97. The van der Waals surface area contributed by atoms with E-state index >= 15 is 0 Å². The summed E-state index contributed by atoms with van der Waals surface area (Å²) in [6.45, 7) is 5.51. The maximum atomic E-state index is 11.9. The molecular formula is C14H20N4O2S. The van der Waals surface area contributed by atoms with Crippen molar-refractivity contribution in [2.75, 3.05) is 18.4 Å². The van der Waals surface area contributed by atoms with Gasteiger partial charge in [-0.2, -0.15) is 0 Å². The first-order valence-corrected chi connectivity index (χ1v) is 8.07. The van der Waals surface area contributed by atoms with Gasteiger partial charge in [0, 0.05) is 35.7 Å². The largest absolute Gasteiger partial charge is 0.356 e. The normalized spacial score (nSPS) is 22.8. The molecule has 0 spiro atoms. The van der Waals surface area contributed by atoms with Crippen molar-refractivity contribution in [3.05, 3.63) is 10.6 Å². The number of anilines is 1. The minimum Gasteiger partial charge on any atom is -0.356 e. The van der Waals surface area contributed by atoms with E-state index in [0.29, 0.717) is 24.6 Å². The molecule has 114 valence electrons. The number of aryl methyl sites for hydroxylation is 1. The van der Waals surface area contributed by atoms with Gasteiger partial charge in [0.15, 0.2) is 5.13 Å². The van der Waals surface area contributed by atoms with Crippen LogP contribution in [0.2, 0.25) is 0 Å². The SMILES string of the molecule is CC1(C)CCc2sc(NC(=O)NCC3CNC(=O)C3)nc21. The van der Waals surface area contributed by atoms with Crippen LogP contribution in [0.1, 0.15) is 37.3 Å². The van der Waals surface area contributed by atoms with Crippen molar-refractivity contribution in [3.63, 3.8) is 0 Å². The molecule has 21 heavy (non-hydrogen) atoms. The van der Waals surface area contributed by atoms with E-state index in [9.17, 15) is 9.59 Å². The fourth-order valence-electron chi connectivity index (χ4n) is 2.84. The lowest BCUT2D eigenvalue weighted by Gasteiger charge is -2.15. The van der Waals surface area contributed by atoms with Crippen LogP contribution in [0.4, 0.5) is 9.93 Å². The smallest absolute Gasteiger partial charge is 0.321 e. The number of fused-ring (bicyclic) bond motifs is 1. The molecule has 1 aliphatic carbocycles. The number of thiazole rings is 1. The Kier molecular flexibility index (Phi) is 3.61. The Hall–Kier alpha value is -1.63. The Morgan fingerprint density at radius 1 is 1.52 bits per heavy atom. The van der Waals surface area contributed by atoms with E-state index in [-0.39, 0.29) is 23.3 Å². The molecule has 0 aromatic carbocycles. The van der Waals surface area contributed by atoms with Crippen LogP contribution >= 0.6 is 11.3 Å².